The first-order valence-electron chi connectivity index (χ1n) is 19.7. The predicted molar refractivity (Wildman–Crippen MR) is 229 cm³/mol. The second-order valence-electron chi connectivity index (χ2n) is 16.3. The molecule has 1 aliphatic carbocycles. The smallest absolute Gasteiger partial charge is 0.179 e. The molecule has 4 aliphatic rings. The molecule has 56 heavy (non-hydrogen) atoms. The number of hydrogen-bond acceptors (Lipinski definition) is 6. The Morgan fingerprint density at radius 2 is 0.964 bits per heavy atom. The van der Waals surface area contributed by atoms with Crippen molar-refractivity contribution in [1.82, 2.24) is 9.97 Å². The number of para-hydroxylation sites is 6. The van der Waals surface area contributed by atoms with Crippen molar-refractivity contribution in [2.45, 2.75) is 38.5 Å². The van der Waals surface area contributed by atoms with Crippen molar-refractivity contribution in [2.75, 3.05) is 19.6 Å². The molecule has 1 aromatic heterocycles. The predicted octanol–water partition coefficient (Wildman–Crippen LogP) is 11.9. The van der Waals surface area contributed by atoms with Crippen LogP contribution < -0.4 is 19.6 Å². The molecule has 4 heterocycles. The summed E-state index contributed by atoms with van der Waals surface area (Å²) >= 11 is 0. The van der Waals surface area contributed by atoms with Crippen LogP contribution >= 0.6 is 0 Å². The normalized spacial score (nSPS) is 24.2. The van der Waals surface area contributed by atoms with Gasteiger partial charge < -0.3 is 19.6 Å². The maximum absolute atomic E-state index is 5.49. The van der Waals surface area contributed by atoms with E-state index in [1.807, 2.05) is 0 Å². The highest BCUT2D eigenvalue weighted by atomic mass is 15.5. The summed E-state index contributed by atoms with van der Waals surface area (Å²) in [6.07, 6.45) is -0.157. The van der Waals surface area contributed by atoms with Crippen LogP contribution in [0, 0.1) is 18.3 Å². The Hall–Kier alpha value is -6.66. The average molecular weight is 725 g/mol. The number of nitrogens with zero attached hydrogens (tertiary/aromatic N) is 6. The number of fused-ring (bicyclic) bond motifs is 11. The van der Waals surface area contributed by atoms with Gasteiger partial charge in [-0.05, 0) is 89.5 Å². The van der Waals surface area contributed by atoms with Crippen LogP contribution in [0.25, 0.3) is 21.8 Å². The van der Waals surface area contributed by atoms with E-state index in [4.69, 9.17) is 9.97 Å². The maximum Gasteiger partial charge on any atom is 0.179 e. The summed E-state index contributed by atoms with van der Waals surface area (Å²) in [5.41, 5.74) is 11.1. The van der Waals surface area contributed by atoms with Crippen molar-refractivity contribution in [1.29, 1.82) is 0 Å². The lowest BCUT2D eigenvalue weighted by atomic mass is 9.81. The molecule has 8 aromatic rings. The van der Waals surface area contributed by atoms with E-state index in [9.17, 15) is 0 Å². The van der Waals surface area contributed by atoms with Crippen molar-refractivity contribution in [3.8, 4) is 0 Å². The van der Waals surface area contributed by atoms with E-state index in [0.29, 0.717) is 0 Å². The first-order valence-corrected chi connectivity index (χ1v) is 19.7. The van der Waals surface area contributed by atoms with Gasteiger partial charge >= 0.3 is 0 Å². The van der Waals surface area contributed by atoms with Crippen molar-refractivity contribution >= 4 is 67.6 Å². The monoisotopic (exact) mass is 724 g/mol. The average Bonchev–Trinajstić information content (AvgIpc) is 3.44. The number of aromatic nitrogens is 2. The van der Waals surface area contributed by atoms with Gasteiger partial charge in [0, 0.05) is 39.5 Å². The minimum absolute atomic E-state index is 0.0124. The molecule has 0 bridgehead atoms. The molecular weight excluding hydrogens is 685 g/mol. The quantitative estimate of drug-likeness (QED) is 0.180. The molecule has 5 atom stereocenters. The fraction of sp³-hybridized carbons (Fsp3) is 0.160. The highest BCUT2D eigenvalue weighted by molar-refractivity contribution is 6.01. The third kappa shape index (κ3) is 3.95. The number of hydrogen-bond donors (Lipinski definition) is 0. The molecular formula is C50H40N6. The summed E-state index contributed by atoms with van der Waals surface area (Å²) in [4.78, 5) is 21.3. The van der Waals surface area contributed by atoms with Crippen LogP contribution in [0.1, 0.15) is 25.0 Å². The lowest BCUT2D eigenvalue weighted by molar-refractivity contribution is 0.351. The molecule has 6 nitrogen and oxygen atoms in total. The van der Waals surface area contributed by atoms with Crippen LogP contribution in [-0.4, -0.2) is 22.3 Å². The Morgan fingerprint density at radius 3 is 1.61 bits per heavy atom. The van der Waals surface area contributed by atoms with Crippen LogP contribution in [0.4, 0.5) is 45.8 Å². The third-order valence-electron chi connectivity index (χ3n) is 13.7. The maximum atomic E-state index is 5.49. The third-order valence-corrected chi connectivity index (χ3v) is 13.7. The Bertz CT molecular complexity index is 2880. The van der Waals surface area contributed by atoms with E-state index < -0.39 is 0 Å². The molecule has 0 N–H and O–H groups in total. The summed E-state index contributed by atoms with van der Waals surface area (Å²) in [5, 5.41) is 2.50. The lowest BCUT2D eigenvalue weighted by Gasteiger charge is -2.44. The molecule has 5 unspecified atom stereocenters. The molecule has 0 amide bonds. The number of rotatable bonds is 4. The summed E-state index contributed by atoms with van der Waals surface area (Å²) in [7, 11) is 0. The molecule has 0 saturated heterocycles. The molecule has 0 radical (unpaired) electrons. The standard InChI is InChI=1S/C50H40N6/c1-32-18-10-16-28-40(32)56-46-45(51-38-26-14-15-27-39(38)52-46)54(36-23-8-5-9-24-36)47(56)44-49(2)37-25-13-17-29-41(37)55-43-31-34-20-12-11-19-33(34)30-42(43)53(48(55)50(44,49)3)35-21-6-4-7-22-35/h4-31,44,47-48H,1-3H3. The Balaban J connectivity index is 1.15. The summed E-state index contributed by atoms with van der Waals surface area (Å²) in [6, 6.07) is 61.8. The fourth-order valence-corrected chi connectivity index (χ4v) is 11.1. The highest BCUT2D eigenvalue weighted by Crippen LogP contribution is 2.81. The minimum atomic E-state index is -0.261. The molecule has 6 heteroatoms. The van der Waals surface area contributed by atoms with Crippen LogP contribution in [0.15, 0.2) is 170 Å². The first kappa shape index (κ1) is 31.7. The molecule has 1 fully saturated rings. The van der Waals surface area contributed by atoms with E-state index in [1.54, 1.807) is 0 Å². The molecule has 12 rings (SSSR count). The van der Waals surface area contributed by atoms with Crippen LogP contribution in [0.3, 0.4) is 0 Å². The SMILES string of the molecule is Cc1ccccc1N1c2nc3ccccc3nc2N(c2ccccc2)C1C1C2(C)c3ccccc3N3c4cc5ccccc5cc4N(c4ccccc4)C3C12C. The first-order chi connectivity index (χ1) is 27.5. The summed E-state index contributed by atoms with van der Waals surface area (Å²) in [6.45, 7) is 7.32. The Morgan fingerprint density at radius 1 is 0.464 bits per heavy atom. The second kappa shape index (κ2) is 11.2. The van der Waals surface area contributed by atoms with Gasteiger partial charge in [0.05, 0.1) is 22.4 Å². The lowest BCUT2D eigenvalue weighted by Crippen LogP contribution is -2.51. The van der Waals surface area contributed by atoms with Crippen LogP contribution in [0.2, 0.25) is 0 Å². The van der Waals surface area contributed by atoms with E-state index in [2.05, 4.69) is 210 Å². The topological polar surface area (TPSA) is 38.7 Å². The van der Waals surface area contributed by atoms with Gasteiger partial charge in [-0.15, -0.1) is 0 Å². The van der Waals surface area contributed by atoms with E-state index in [-0.39, 0.29) is 29.1 Å². The highest BCUT2D eigenvalue weighted by Gasteiger charge is 2.83. The zero-order chi connectivity index (χ0) is 37.3. The Kier molecular flexibility index (Phi) is 6.33. The number of aryl methyl sites for hydroxylation is 1. The summed E-state index contributed by atoms with van der Waals surface area (Å²) in [5.74, 6) is 1.92. The molecule has 7 aromatic carbocycles. The summed E-state index contributed by atoms with van der Waals surface area (Å²) < 4.78 is 0. The minimum Gasteiger partial charge on any atom is -0.318 e. The van der Waals surface area contributed by atoms with Gasteiger partial charge in [-0.2, -0.15) is 0 Å². The molecule has 0 spiro atoms. The van der Waals surface area contributed by atoms with E-state index in [0.717, 1.165) is 34.0 Å². The van der Waals surface area contributed by atoms with Crippen LogP contribution in [0.5, 0.6) is 0 Å². The second-order valence-corrected chi connectivity index (χ2v) is 16.3. The van der Waals surface area contributed by atoms with Gasteiger partial charge in [0.25, 0.3) is 0 Å². The van der Waals surface area contributed by atoms with Gasteiger partial charge in [-0.25, -0.2) is 9.97 Å². The van der Waals surface area contributed by atoms with Crippen molar-refractivity contribution in [2.24, 2.45) is 11.3 Å². The van der Waals surface area contributed by atoms with Gasteiger partial charge in [0.15, 0.2) is 11.6 Å². The number of benzene rings is 7. The van der Waals surface area contributed by atoms with E-state index >= 15 is 0 Å². The van der Waals surface area contributed by atoms with Crippen molar-refractivity contribution in [3.05, 3.63) is 181 Å². The van der Waals surface area contributed by atoms with E-state index in [1.165, 1.54) is 44.6 Å². The van der Waals surface area contributed by atoms with Crippen molar-refractivity contribution < 1.29 is 0 Å². The molecule has 270 valence electrons. The van der Waals surface area contributed by atoms with Gasteiger partial charge in [-0.3, -0.25) is 0 Å². The van der Waals surface area contributed by atoms with Gasteiger partial charge in [-0.1, -0.05) is 123 Å². The zero-order valence-electron chi connectivity index (χ0n) is 31.6. The molecule has 3 aliphatic heterocycles. The fourth-order valence-electron chi connectivity index (χ4n) is 11.1. The number of anilines is 8. The zero-order valence-corrected chi connectivity index (χ0v) is 31.6. The molecule has 1 saturated carbocycles. The van der Waals surface area contributed by atoms with Crippen LogP contribution in [-0.2, 0) is 5.41 Å². The van der Waals surface area contributed by atoms with Crippen molar-refractivity contribution in [3.63, 3.8) is 0 Å². The largest absolute Gasteiger partial charge is 0.318 e. The Labute approximate surface area is 326 Å². The van der Waals surface area contributed by atoms with Gasteiger partial charge in [0.1, 0.15) is 12.3 Å². The van der Waals surface area contributed by atoms with Gasteiger partial charge in [0.2, 0.25) is 0 Å².